The third-order valence-electron chi connectivity index (χ3n) is 3.82. The van der Waals surface area contributed by atoms with Gasteiger partial charge in [-0.25, -0.2) is 0 Å². The highest BCUT2D eigenvalue weighted by molar-refractivity contribution is 9.10. The summed E-state index contributed by atoms with van der Waals surface area (Å²) in [5, 5.41) is 0. The van der Waals surface area contributed by atoms with Crippen LogP contribution in [0.5, 0.6) is 0 Å². The first-order valence-electron chi connectivity index (χ1n) is 8.06. The molecule has 1 aromatic carbocycles. The van der Waals surface area contributed by atoms with Crippen LogP contribution in [0.2, 0.25) is 0 Å². The summed E-state index contributed by atoms with van der Waals surface area (Å²) < 4.78 is 0.794. The number of aromatic nitrogens is 2. The molecule has 0 saturated carbocycles. The van der Waals surface area contributed by atoms with Crippen molar-refractivity contribution >= 4 is 21.8 Å². The van der Waals surface area contributed by atoms with Gasteiger partial charge in [-0.3, -0.25) is 14.8 Å². The molecule has 0 saturated heterocycles. The van der Waals surface area contributed by atoms with E-state index in [2.05, 4.69) is 25.9 Å². The summed E-state index contributed by atoms with van der Waals surface area (Å²) in [6, 6.07) is 17.6. The Morgan fingerprint density at radius 1 is 1.04 bits per heavy atom. The van der Waals surface area contributed by atoms with E-state index in [0.29, 0.717) is 25.1 Å². The molecule has 0 aliphatic rings. The van der Waals surface area contributed by atoms with Crippen LogP contribution in [0.1, 0.15) is 21.6 Å². The van der Waals surface area contributed by atoms with Gasteiger partial charge in [0.25, 0.3) is 5.91 Å². The van der Waals surface area contributed by atoms with E-state index < -0.39 is 0 Å². The van der Waals surface area contributed by atoms with Crippen molar-refractivity contribution in [2.24, 2.45) is 0 Å². The summed E-state index contributed by atoms with van der Waals surface area (Å²) in [6.07, 6.45) is 5.76. The molecule has 25 heavy (non-hydrogen) atoms. The highest BCUT2D eigenvalue weighted by Gasteiger charge is 2.17. The van der Waals surface area contributed by atoms with E-state index in [0.717, 1.165) is 15.7 Å². The van der Waals surface area contributed by atoms with Gasteiger partial charge in [0.05, 0.1) is 5.56 Å². The third-order valence-corrected chi connectivity index (χ3v) is 4.25. The number of rotatable bonds is 6. The summed E-state index contributed by atoms with van der Waals surface area (Å²) >= 11 is 3.38. The Hall–Kier alpha value is -2.53. The lowest BCUT2D eigenvalue weighted by atomic mass is 10.1. The van der Waals surface area contributed by atoms with Crippen molar-refractivity contribution in [1.29, 1.82) is 0 Å². The smallest absolute Gasteiger partial charge is 0.255 e. The normalized spacial score (nSPS) is 10.4. The largest absolute Gasteiger partial charge is 0.334 e. The Morgan fingerprint density at radius 2 is 1.84 bits per heavy atom. The topological polar surface area (TPSA) is 46.1 Å². The lowest BCUT2D eigenvalue weighted by Gasteiger charge is -2.23. The average Bonchev–Trinajstić information content (AvgIpc) is 2.66. The molecule has 0 unspecified atom stereocenters. The first-order valence-corrected chi connectivity index (χ1v) is 8.85. The zero-order valence-corrected chi connectivity index (χ0v) is 15.3. The van der Waals surface area contributed by atoms with Crippen molar-refractivity contribution in [2.75, 3.05) is 6.54 Å². The van der Waals surface area contributed by atoms with E-state index in [9.17, 15) is 4.79 Å². The molecule has 0 atom stereocenters. The first kappa shape index (κ1) is 17.3. The van der Waals surface area contributed by atoms with Gasteiger partial charge in [0, 0.05) is 48.3 Å². The molecular formula is C20H18BrN3O. The van der Waals surface area contributed by atoms with Crippen molar-refractivity contribution in [2.45, 2.75) is 13.0 Å². The van der Waals surface area contributed by atoms with Crippen LogP contribution in [-0.4, -0.2) is 27.3 Å². The highest BCUT2D eigenvalue weighted by Crippen LogP contribution is 2.14. The molecule has 3 aromatic rings. The zero-order chi connectivity index (χ0) is 17.5. The molecule has 0 aliphatic carbocycles. The lowest BCUT2D eigenvalue weighted by molar-refractivity contribution is 0.0744. The van der Waals surface area contributed by atoms with Crippen molar-refractivity contribution < 1.29 is 4.79 Å². The fraction of sp³-hybridized carbons (Fsp3) is 0.150. The Bertz CT molecular complexity index is 825. The number of amides is 1. The Morgan fingerprint density at radius 3 is 2.56 bits per heavy atom. The van der Waals surface area contributed by atoms with Crippen LogP contribution in [0, 0.1) is 0 Å². The maximum absolute atomic E-state index is 13.0. The predicted molar refractivity (Wildman–Crippen MR) is 101 cm³/mol. The minimum absolute atomic E-state index is 0.0337. The van der Waals surface area contributed by atoms with Crippen LogP contribution in [-0.2, 0) is 13.0 Å². The van der Waals surface area contributed by atoms with Crippen molar-refractivity contribution in [3.63, 3.8) is 0 Å². The predicted octanol–water partition coefficient (Wildman–Crippen LogP) is 4.12. The van der Waals surface area contributed by atoms with E-state index in [1.165, 1.54) is 0 Å². The standard InChI is InChI=1S/C20H18BrN3O/c21-18-12-17(13-22-14-18)20(25)24(15-16-6-2-1-3-7-16)11-9-19-8-4-5-10-23-19/h1-8,10,12-14H,9,11,15H2. The van der Waals surface area contributed by atoms with Gasteiger partial charge in [-0.05, 0) is 39.7 Å². The van der Waals surface area contributed by atoms with Crippen LogP contribution >= 0.6 is 15.9 Å². The van der Waals surface area contributed by atoms with Gasteiger partial charge in [0.2, 0.25) is 0 Å². The third kappa shape index (κ3) is 4.97. The Kier molecular flexibility index (Phi) is 5.90. The molecule has 0 N–H and O–H groups in total. The molecule has 126 valence electrons. The summed E-state index contributed by atoms with van der Waals surface area (Å²) in [6.45, 7) is 1.15. The zero-order valence-electron chi connectivity index (χ0n) is 13.7. The molecular weight excluding hydrogens is 378 g/mol. The fourth-order valence-corrected chi connectivity index (χ4v) is 2.93. The summed E-state index contributed by atoms with van der Waals surface area (Å²) in [5.74, 6) is -0.0337. The number of nitrogens with zero attached hydrogens (tertiary/aromatic N) is 3. The average molecular weight is 396 g/mol. The molecule has 0 spiro atoms. The minimum atomic E-state index is -0.0337. The van der Waals surface area contributed by atoms with Crippen LogP contribution in [0.25, 0.3) is 0 Å². The first-order chi connectivity index (χ1) is 12.2. The molecule has 2 heterocycles. The van der Waals surface area contributed by atoms with Crippen molar-refractivity contribution in [1.82, 2.24) is 14.9 Å². The fourth-order valence-electron chi connectivity index (χ4n) is 2.56. The molecule has 0 aliphatic heterocycles. The second-order valence-corrected chi connectivity index (χ2v) is 6.59. The van der Waals surface area contributed by atoms with E-state index in [-0.39, 0.29) is 5.91 Å². The van der Waals surface area contributed by atoms with E-state index in [1.54, 1.807) is 24.7 Å². The second kappa shape index (κ2) is 8.53. The minimum Gasteiger partial charge on any atom is -0.334 e. The second-order valence-electron chi connectivity index (χ2n) is 5.68. The maximum Gasteiger partial charge on any atom is 0.255 e. The molecule has 1 amide bonds. The molecule has 0 radical (unpaired) electrons. The molecule has 0 fully saturated rings. The maximum atomic E-state index is 13.0. The molecule has 4 nitrogen and oxygen atoms in total. The quantitative estimate of drug-likeness (QED) is 0.630. The number of halogens is 1. The van der Waals surface area contributed by atoms with Crippen LogP contribution < -0.4 is 0 Å². The molecule has 0 bridgehead atoms. The highest BCUT2D eigenvalue weighted by atomic mass is 79.9. The number of hydrogen-bond acceptors (Lipinski definition) is 3. The summed E-state index contributed by atoms with van der Waals surface area (Å²) in [5.41, 5.74) is 2.65. The molecule has 5 heteroatoms. The van der Waals surface area contributed by atoms with E-state index in [1.807, 2.05) is 53.4 Å². The van der Waals surface area contributed by atoms with Gasteiger partial charge >= 0.3 is 0 Å². The summed E-state index contributed by atoms with van der Waals surface area (Å²) in [4.78, 5) is 23.3. The number of hydrogen-bond donors (Lipinski definition) is 0. The van der Waals surface area contributed by atoms with Gasteiger partial charge in [0.15, 0.2) is 0 Å². The SMILES string of the molecule is O=C(c1cncc(Br)c1)N(CCc1ccccn1)Cc1ccccc1. The van der Waals surface area contributed by atoms with Gasteiger partial charge in [-0.15, -0.1) is 0 Å². The number of pyridine rings is 2. The van der Waals surface area contributed by atoms with Crippen LogP contribution in [0.3, 0.4) is 0 Å². The lowest BCUT2D eigenvalue weighted by Crippen LogP contribution is -2.32. The Balaban J connectivity index is 1.79. The van der Waals surface area contributed by atoms with Gasteiger partial charge in [-0.1, -0.05) is 36.4 Å². The number of benzene rings is 1. The van der Waals surface area contributed by atoms with Crippen LogP contribution in [0.15, 0.2) is 77.7 Å². The molecule has 3 rings (SSSR count). The monoisotopic (exact) mass is 395 g/mol. The van der Waals surface area contributed by atoms with Gasteiger partial charge in [-0.2, -0.15) is 0 Å². The van der Waals surface area contributed by atoms with E-state index >= 15 is 0 Å². The Labute approximate surface area is 155 Å². The van der Waals surface area contributed by atoms with Gasteiger partial charge < -0.3 is 4.90 Å². The number of carbonyl (C=O) groups excluding carboxylic acids is 1. The van der Waals surface area contributed by atoms with Crippen molar-refractivity contribution in [3.8, 4) is 0 Å². The van der Waals surface area contributed by atoms with Gasteiger partial charge in [0.1, 0.15) is 0 Å². The van der Waals surface area contributed by atoms with Crippen LogP contribution in [0.4, 0.5) is 0 Å². The van der Waals surface area contributed by atoms with E-state index in [4.69, 9.17) is 0 Å². The van der Waals surface area contributed by atoms with Crippen molar-refractivity contribution in [3.05, 3.63) is 94.5 Å². The molecule has 2 aromatic heterocycles. The summed E-state index contributed by atoms with van der Waals surface area (Å²) in [7, 11) is 0. The number of carbonyl (C=O) groups is 1.